The van der Waals surface area contributed by atoms with E-state index in [9.17, 15) is 9.18 Å². The number of H-pyrrole nitrogens is 1. The topological polar surface area (TPSA) is 118 Å². The summed E-state index contributed by atoms with van der Waals surface area (Å²) in [6.07, 6.45) is 4.50. The molecular weight excluding hydrogens is 427 g/mol. The van der Waals surface area contributed by atoms with Crippen LogP contribution >= 0.6 is 0 Å². The number of aromatic amines is 1. The van der Waals surface area contributed by atoms with Crippen molar-refractivity contribution >= 4 is 34.2 Å². The average molecular weight is 444 g/mol. The molecule has 0 bridgehead atoms. The Kier molecular flexibility index (Phi) is 5.15. The van der Waals surface area contributed by atoms with E-state index in [1.54, 1.807) is 37.7 Å². The molecule has 0 atom stereocenters. The van der Waals surface area contributed by atoms with E-state index in [2.05, 4.69) is 30.6 Å². The van der Waals surface area contributed by atoms with Crippen LogP contribution in [0.4, 0.5) is 27.5 Å². The van der Waals surface area contributed by atoms with Crippen molar-refractivity contribution in [1.82, 2.24) is 19.9 Å². The molecule has 0 aliphatic carbocycles. The molecule has 0 saturated heterocycles. The van der Waals surface area contributed by atoms with Gasteiger partial charge in [-0.25, -0.2) is 14.2 Å². The van der Waals surface area contributed by atoms with Gasteiger partial charge in [-0.2, -0.15) is 4.98 Å². The van der Waals surface area contributed by atoms with Crippen molar-refractivity contribution in [3.63, 3.8) is 0 Å². The van der Waals surface area contributed by atoms with Gasteiger partial charge in [0.25, 0.3) is 0 Å². The first kappa shape index (κ1) is 20.2. The molecule has 164 valence electrons. The lowest BCUT2D eigenvalue weighted by Crippen LogP contribution is -2.03. The van der Waals surface area contributed by atoms with E-state index in [1.807, 2.05) is 30.3 Å². The molecule has 0 radical (unpaired) electrons. The van der Waals surface area contributed by atoms with Crippen molar-refractivity contribution in [2.75, 3.05) is 17.7 Å². The first-order chi connectivity index (χ1) is 16.1. The van der Waals surface area contributed by atoms with Crippen LogP contribution in [0, 0.1) is 5.82 Å². The van der Waals surface area contributed by atoms with Gasteiger partial charge in [0, 0.05) is 34.9 Å². The Hall–Kier alpha value is -4.73. The summed E-state index contributed by atoms with van der Waals surface area (Å²) < 4.78 is 24.8. The maximum atomic E-state index is 14.4. The number of nitrogens with zero attached hydrogens (tertiary/aromatic N) is 3. The average Bonchev–Trinajstić information content (AvgIpc) is 3.21. The zero-order valence-electron chi connectivity index (χ0n) is 17.3. The molecular formula is C23H17FN6O3. The zero-order valence-corrected chi connectivity index (χ0v) is 17.3. The van der Waals surface area contributed by atoms with Gasteiger partial charge in [0.05, 0.1) is 18.8 Å². The molecule has 0 fully saturated rings. The number of ether oxygens (including phenoxy) is 1. The van der Waals surface area contributed by atoms with Crippen LogP contribution in [0.2, 0.25) is 0 Å². The van der Waals surface area contributed by atoms with E-state index in [4.69, 9.17) is 9.15 Å². The van der Waals surface area contributed by atoms with Gasteiger partial charge >= 0.3 is 5.76 Å². The van der Waals surface area contributed by atoms with Gasteiger partial charge in [-0.05, 0) is 42.5 Å². The quantitative estimate of drug-likeness (QED) is 0.348. The van der Waals surface area contributed by atoms with Crippen LogP contribution in [0.15, 0.2) is 76.3 Å². The highest BCUT2D eigenvalue weighted by Crippen LogP contribution is 2.33. The Morgan fingerprint density at radius 3 is 2.73 bits per heavy atom. The Morgan fingerprint density at radius 1 is 1.06 bits per heavy atom. The molecule has 5 rings (SSSR count). The molecule has 10 heteroatoms. The number of hydrogen-bond donors (Lipinski definition) is 3. The molecule has 9 nitrogen and oxygen atoms in total. The van der Waals surface area contributed by atoms with Gasteiger partial charge in [0.1, 0.15) is 5.75 Å². The van der Waals surface area contributed by atoms with Gasteiger partial charge in [-0.3, -0.25) is 9.97 Å². The molecule has 3 heterocycles. The first-order valence-electron chi connectivity index (χ1n) is 9.87. The maximum absolute atomic E-state index is 14.4. The van der Waals surface area contributed by atoms with Gasteiger partial charge in [0.2, 0.25) is 5.95 Å². The molecule has 0 aliphatic rings. The number of methoxy groups -OCH3 is 1. The van der Waals surface area contributed by atoms with Crippen LogP contribution < -0.4 is 21.1 Å². The lowest BCUT2D eigenvalue weighted by atomic mass is 10.1. The highest BCUT2D eigenvalue weighted by Gasteiger charge is 2.12. The van der Waals surface area contributed by atoms with E-state index in [0.29, 0.717) is 28.2 Å². The van der Waals surface area contributed by atoms with Gasteiger partial charge < -0.3 is 19.8 Å². The molecule has 0 unspecified atom stereocenters. The lowest BCUT2D eigenvalue weighted by Gasteiger charge is -2.13. The van der Waals surface area contributed by atoms with E-state index in [0.717, 1.165) is 17.3 Å². The molecule has 5 aromatic rings. The van der Waals surface area contributed by atoms with Crippen molar-refractivity contribution in [3.05, 3.63) is 83.5 Å². The predicted molar refractivity (Wildman–Crippen MR) is 122 cm³/mol. The van der Waals surface area contributed by atoms with Crippen molar-refractivity contribution in [3.8, 4) is 16.9 Å². The predicted octanol–water partition coefficient (Wildman–Crippen LogP) is 4.61. The molecule has 0 amide bonds. The molecule has 0 spiro atoms. The Labute approximate surface area is 186 Å². The summed E-state index contributed by atoms with van der Waals surface area (Å²) in [7, 11) is 1.60. The van der Waals surface area contributed by atoms with E-state index >= 15 is 0 Å². The van der Waals surface area contributed by atoms with Crippen molar-refractivity contribution in [1.29, 1.82) is 0 Å². The third kappa shape index (κ3) is 4.22. The van der Waals surface area contributed by atoms with E-state index < -0.39 is 11.6 Å². The minimum atomic E-state index is -0.632. The second-order valence-corrected chi connectivity index (χ2v) is 7.02. The van der Waals surface area contributed by atoms with Crippen LogP contribution in [-0.2, 0) is 0 Å². The minimum Gasteiger partial charge on any atom is -0.496 e. The fraction of sp³-hybridized carbons (Fsp3) is 0.0435. The largest absolute Gasteiger partial charge is 0.496 e. The minimum absolute atomic E-state index is 0.0290. The Bertz CT molecular complexity index is 1500. The molecule has 3 aromatic heterocycles. The number of oxazole rings is 1. The van der Waals surface area contributed by atoms with Crippen LogP contribution in [0.3, 0.4) is 0 Å². The third-order valence-electron chi connectivity index (χ3n) is 4.85. The highest BCUT2D eigenvalue weighted by atomic mass is 19.1. The fourth-order valence-corrected chi connectivity index (χ4v) is 3.34. The van der Waals surface area contributed by atoms with Crippen molar-refractivity contribution in [2.45, 2.75) is 0 Å². The maximum Gasteiger partial charge on any atom is 0.417 e. The summed E-state index contributed by atoms with van der Waals surface area (Å²) in [4.78, 5) is 26.3. The summed E-state index contributed by atoms with van der Waals surface area (Å²) in [6, 6.07) is 14.1. The number of rotatable bonds is 6. The Morgan fingerprint density at radius 2 is 1.91 bits per heavy atom. The van der Waals surface area contributed by atoms with Gasteiger partial charge in [0.15, 0.2) is 17.2 Å². The van der Waals surface area contributed by atoms with E-state index in [-0.39, 0.29) is 11.8 Å². The SMILES string of the molecule is COc1ccc(Nc2ncc(F)c(Nc3ccc4oc(=O)[nH]c4c3)n2)cc1-c1cccnc1. The number of aromatic nitrogens is 4. The number of halogens is 1. The molecule has 0 aliphatic heterocycles. The van der Waals surface area contributed by atoms with Crippen LogP contribution in [0.25, 0.3) is 22.2 Å². The monoisotopic (exact) mass is 444 g/mol. The molecule has 0 saturated carbocycles. The summed E-state index contributed by atoms with van der Waals surface area (Å²) in [6.45, 7) is 0. The van der Waals surface area contributed by atoms with Crippen LogP contribution in [0.1, 0.15) is 0 Å². The van der Waals surface area contributed by atoms with Crippen molar-refractivity contribution in [2.24, 2.45) is 0 Å². The standard InChI is InChI=1S/C23H17FN6O3/c1-32-19-6-4-14(9-16(19)13-3-2-8-25-11-13)28-22-26-12-17(24)21(30-22)27-15-5-7-20-18(10-15)29-23(31)33-20/h2-12H,1H3,(H,29,31)(H2,26,27,28,30). The first-order valence-corrected chi connectivity index (χ1v) is 9.87. The summed E-state index contributed by atoms with van der Waals surface area (Å²) in [5, 5.41) is 5.98. The summed E-state index contributed by atoms with van der Waals surface area (Å²) in [5.74, 6) is -0.347. The van der Waals surface area contributed by atoms with Gasteiger partial charge in [-0.15, -0.1) is 0 Å². The number of benzene rings is 2. The molecule has 33 heavy (non-hydrogen) atoms. The number of fused-ring (bicyclic) bond motifs is 1. The summed E-state index contributed by atoms with van der Waals surface area (Å²) >= 11 is 0. The third-order valence-corrected chi connectivity index (χ3v) is 4.85. The molecule has 3 N–H and O–H groups in total. The number of nitrogens with one attached hydrogen (secondary N) is 3. The zero-order chi connectivity index (χ0) is 22.8. The number of hydrogen-bond acceptors (Lipinski definition) is 8. The Balaban J connectivity index is 1.42. The van der Waals surface area contributed by atoms with Crippen molar-refractivity contribution < 1.29 is 13.5 Å². The lowest BCUT2D eigenvalue weighted by molar-refractivity contribution is 0.416. The molecule has 2 aromatic carbocycles. The summed E-state index contributed by atoms with van der Waals surface area (Å²) in [5.41, 5.74) is 3.81. The second-order valence-electron chi connectivity index (χ2n) is 7.02. The van der Waals surface area contributed by atoms with Crippen LogP contribution in [0.5, 0.6) is 5.75 Å². The normalized spacial score (nSPS) is 10.8. The van der Waals surface area contributed by atoms with E-state index in [1.165, 1.54) is 0 Å². The number of pyridine rings is 1. The smallest absolute Gasteiger partial charge is 0.417 e. The second kappa shape index (κ2) is 8.42. The number of anilines is 4. The fourth-order valence-electron chi connectivity index (χ4n) is 3.34. The van der Waals surface area contributed by atoms with Gasteiger partial charge in [-0.1, -0.05) is 6.07 Å². The van der Waals surface area contributed by atoms with Crippen LogP contribution in [-0.4, -0.2) is 27.0 Å². The highest BCUT2D eigenvalue weighted by molar-refractivity contribution is 5.78.